The fourth-order valence-electron chi connectivity index (χ4n) is 2.29. The van der Waals surface area contributed by atoms with Gasteiger partial charge in [-0.2, -0.15) is 0 Å². The van der Waals surface area contributed by atoms with Gasteiger partial charge in [0.2, 0.25) is 17.7 Å². The number of amides is 3. The summed E-state index contributed by atoms with van der Waals surface area (Å²) in [5.74, 6) is -1.08. The maximum Gasteiger partial charge on any atom is 0.243 e. The molecule has 0 aliphatic carbocycles. The lowest BCUT2D eigenvalue weighted by Crippen LogP contribution is -2.53. The van der Waals surface area contributed by atoms with Crippen molar-refractivity contribution in [3.05, 3.63) is 35.9 Å². The quantitative estimate of drug-likeness (QED) is 0.659. The summed E-state index contributed by atoms with van der Waals surface area (Å²) in [6.45, 7) is 5.24. The number of hydrogen-bond acceptors (Lipinski definition) is 3. The average Bonchev–Trinajstić information content (AvgIpc) is 2.45. The van der Waals surface area contributed by atoms with Crippen molar-refractivity contribution >= 4 is 17.7 Å². The summed E-state index contributed by atoms with van der Waals surface area (Å²) in [5, 5.41) is 5.27. The van der Waals surface area contributed by atoms with Crippen LogP contribution in [0.5, 0.6) is 0 Å². The summed E-state index contributed by atoms with van der Waals surface area (Å²) in [4.78, 5) is 35.3. The molecule has 0 heterocycles. The molecule has 6 nitrogen and oxygen atoms in total. The van der Waals surface area contributed by atoms with E-state index in [1.807, 2.05) is 44.2 Å². The SMILES string of the molecule is CC(=O)N[C@@H](Cc1ccccc1)C(=O)N[C@H](CC(C)C)C(N)=O. The van der Waals surface area contributed by atoms with E-state index in [1.54, 1.807) is 0 Å². The molecule has 0 radical (unpaired) electrons. The normalized spacial score (nSPS) is 13.2. The third kappa shape index (κ3) is 6.95. The van der Waals surface area contributed by atoms with Gasteiger partial charge in [-0.3, -0.25) is 14.4 Å². The van der Waals surface area contributed by atoms with Crippen LogP contribution in [0.15, 0.2) is 30.3 Å². The highest BCUT2D eigenvalue weighted by atomic mass is 16.2. The standard InChI is InChI=1S/C17H25N3O3/c1-11(2)9-14(16(18)22)20-17(23)15(19-12(3)21)10-13-7-5-4-6-8-13/h4-8,11,14-15H,9-10H2,1-3H3,(H2,18,22)(H,19,21)(H,20,23)/t14-,15+/m1/s1. The fraction of sp³-hybridized carbons (Fsp3) is 0.471. The lowest BCUT2D eigenvalue weighted by atomic mass is 10.0. The van der Waals surface area contributed by atoms with Gasteiger partial charge in [0.15, 0.2) is 0 Å². The monoisotopic (exact) mass is 319 g/mol. The molecule has 0 saturated heterocycles. The first-order valence-corrected chi connectivity index (χ1v) is 7.70. The molecule has 1 aromatic carbocycles. The lowest BCUT2D eigenvalue weighted by molar-refractivity contribution is -0.131. The molecule has 126 valence electrons. The van der Waals surface area contributed by atoms with Crippen molar-refractivity contribution in [3.8, 4) is 0 Å². The first-order chi connectivity index (χ1) is 10.8. The maximum absolute atomic E-state index is 12.4. The average molecular weight is 319 g/mol. The van der Waals surface area contributed by atoms with E-state index < -0.39 is 23.9 Å². The Hall–Kier alpha value is -2.37. The molecule has 0 saturated carbocycles. The van der Waals surface area contributed by atoms with Gasteiger partial charge in [-0.1, -0.05) is 44.2 Å². The number of primary amides is 1. The topological polar surface area (TPSA) is 101 Å². The molecule has 0 fully saturated rings. The molecule has 0 unspecified atom stereocenters. The van der Waals surface area contributed by atoms with Gasteiger partial charge in [0, 0.05) is 13.3 Å². The molecular formula is C17H25N3O3. The highest BCUT2D eigenvalue weighted by Gasteiger charge is 2.25. The zero-order valence-corrected chi connectivity index (χ0v) is 13.8. The van der Waals surface area contributed by atoms with Crippen molar-refractivity contribution in [2.24, 2.45) is 11.7 Å². The minimum absolute atomic E-state index is 0.209. The summed E-state index contributed by atoms with van der Waals surface area (Å²) >= 11 is 0. The molecule has 1 aromatic rings. The molecule has 4 N–H and O–H groups in total. The van der Waals surface area contributed by atoms with E-state index in [0.717, 1.165) is 5.56 Å². The van der Waals surface area contributed by atoms with Crippen LogP contribution < -0.4 is 16.4 Å². The molecule has 23 heavy (non-hydrogen) atoms. The Morgan fingerprint density at radius 1 is 1.04 bits per heavy atom. The first-order valence-electron chi connectivity index (χ1n) is 7.70. The largest absolute Gasteiger partial charge is 0.368 e. The Balaban J connectivity index is 2.82. The Bertz CT molecular complexity index is 543. The van der Waals surface area contributed by atoms with Gasteiger partial charge >= 0.3 is 0 Å². The summed E-state index contributed by atoms with van der Waals surface area (Å²) in [7, 11) is 0. The molecular weight excluding hydrogens is 294 g/mol. The minimum atomic E-state index is -0.746. The number of nitrogens with one attached hydrogen (secondary N) is 2. The van der Waals surface area contributed by atoms with Crippen LogP contribution >= 0.6 is 0 Å². The van der Waals surface area contributed by atoms with E-state index in [1.165, 1.54) is 6.92 Å². The van der Waals surface area contributed by atoms with E-state index in [4.69, 9.17) is 5.73 Å². The van der Waals surface area contributed by atoms with Crippen LogP contribution in [0.25, 0.3) is 0 Å². The molecule has 0 aromatic heterocycles. The number of rotatable bonds is 8. The van der Waals surface area contributed by atoms with Crippen LogP contribution in [-0.4, -0.2) is 29.8 Å². The Morgan fingerprint density at radius 3 is 2.13 bits per heavy atom. The van der Waals surface area contributed by atoms with Crippen LogP contribution in [0.3, 0.4) is 0 Å². The van der Waals surface area contributed by atoms with E-state index in [0.29, 0.717) is 12.8 Å². The molecule has 3 amide bonds. The van der Waals surface area contributed by atoms with Crippen LogP contribution in [0.4, 0.5) is 0 Å². The summed E-state index contributed by atoms with van der Waals surface area (Å²) < 4.78 is 0. The van der Waals surface area contributed by atoms with E-state index in [2.05, 4.69) is 10.6 Å². The smallest absolute Gasteiger partial charge is 0.243 e. The predicted octanol–water partition coefficient (Wildman–Crippen LogP) is 0.750. The molecule has 0 aliphatic rings. The van der Waals surface area contributed by atoms with Gasteiger partial charge in [-0.15, -0.1) is 0 Å². The highest BCUT2D eigenvalue weighted by molar-refractivity contribution is 5.91. The van der Waals surface area contributed by atoms with Gasteiger partial charge in [0.1, 0.15) is 12.1 Å². The van der Waals surface area contributed by atoms with Crippen LogP contribution in [0, 0.1) is 5.92 Å². The second-order valence-electron chi connectivity index (χ2n) is 6.04. The van der Waals surface area contributed by atoms with E-state index in [9.17, 15) is 14.4 Å². The Kier molecular flexibility index (Phi) is 7.25. The zero-order valence-electron chi connectivity index (χ0n) is 13.8. The summed E-state index contributed by atoms with van der Waals surface area (Å²) in [6, 6.07) is 7.87. The third-order valence-corrected chi connectivity index (χ3v) is 3.34. The second-order valence-corrected chi connectivity index (χ2v) is 6.04. The van der Waals surface area contributed by atoms with Gasteiger partial charge < -0.3 is 16.4 Å². The van der Waals surface area contributed by atoms with Gasteiger partial charge in [0.05, 0.1) is 0 Å². The molecule has 6 heteroatoms. The van der Waals surface area contributed by atoms with E-state index in [-0.39, 0.29) is 11.8 Å². The van der Waals surface area contributed by atoms with Crippen LogP contribution in [0.1, 0.15) is 32.8 Å². The minimum Gasteiger partial charge on any atom is -0.368 e. The Morgan fingerprint density at radius 2 is 1.65 bits per heavy atom. The zero-order chi connectivity index (χ0) is 17.4. The number of hydrogen-bond donors (Lipinski definition) is 3. The number of carbonyl (C=O) groups excluding carboxylic acids is 3. The fourth-order valence-corrected chi connectivity index (χ4v) is 2.29. The highest BCUT2D eigenvalue weighted by Crippen LogP contribution is 2.07. The molecule has 0 bridgehead atoms. The van der Waals surface area contributed by atoms with Crippen molar-refractivity contribution in [2.75, 3.05) is 0 Å². The van der Waals surface area contributed by atoms with Crippen LogP contribution in [-0.2, 0) is 20.8 Å². The van der Waals surface area contributed by atoms with Crippen LogP contribution in [0.2, 0.25) is 0 Å². The first kappa shape index (κ1) is 18.7. The summed E-state index contributed by atoms with van der Waals surface area (Å²) in [5.41, 5.74) is 6.26. The number of nitrogens with two attached hydrogens (primary N) is 1. The molecule has 2 atom stereocenters. The lowest BCUT2D eigenvalue weighted by Gasteiger charge is -2.22. The van der Waals surface area contributed by atoms with Gasteiger partial charge in [0.25, 0.3) is 0 Å². The molecule has 0 aliphatic heterocycles. The van der Waals surface area contributed by atoms with Crippen molar-refractivity contribution in [3.63, 3.8) is 0 Å². The number of carbonyl (C=O) groups is 3. The summed E-state index contributed by atoms with van der Waals surface area (Å²) in [6.07, 6.45) is 0.804. The predicted molar refractivity (Wildman–Crippen MR) is 88.3 cm³/mol. The van der Waals surface area contributed by atoms with Gasteiger partial charge in [-0.25, -0.2) is 0 Å². The van der Waals surface area contributed by atoms with Crippen molar-refractivity contribution in [1.82, 2.24) is 10.6 Å². The Labute approximate surface area is 136 Å². The second kappa shape index (κ2) is 8.92. The van der Waals surface area contributed by atoms with E-state index >= 15 is 0 Å². The third-order valence-electron chi connectivity index (χ3n) is 3.34. The molecule has 0 spiro atoms. The van der Waals surface area contributed by atoms with Gasteiger partial charge in [-0.05, 0) is 17.9 Å². The van der Waals surface area contributed by atoms with Crippen molar-refractivity contribution in [2.45, 2.75) is 45.7 Å². The van der Waals surface area contributed by atoms with Crippen molar-refractivity contribution in [1.29, 1.82) is 0 Å². The van der Waals surface area contributed by atoms with Crippen molar-refractivity contribution < 1.29 is 14.4 Å². The molecule has 1 rings (SSSR count). The maximum atomic E-state index is 12.4. The number of benzene rings is 1.